The minimum absolute atomic E-state index is 0.0297. The van der Waals surface area contributed by atoms with E-state index in [0.29, 0.717) is 6.54 Å². The van der Waals surface area contributed by atoms with Crippen LogP contribution in [-0.4, -0.2) is 18.4 Å². The van der Waals surface area contributed by atoms with E-state index in [4.69, 9.17) is 17.3 Å². The van der Waals surface area contributed by atoms with Crippen LogP contribution in [0.4, 0.5) is 10.1 Å². The van der Waals surface area contributed by atoms with Crippen LogP contribution in [-0.2, 0) is 16.0 Å². The van der Waals surface area contributed by atoms with E-state index < -0.39 is 17.6 Å². The first-order chi connectivity index (χ1) is 12.0. The summed E-state index contributed by atoms with van der Waals surface area (Å²) >= 11 is 5.59. The lowest BCUT2D eigenvalue weighted by molar-refractivity contribution is -0.136. The predicted molar refractivity (Wildman–Crippen MR) is 93.6 cm³/mol. The smallest absolute Gasteiger partial charge is 0.313 e. The van der Waals surface area contributed by atoms with Crippen molar-refractivity contribution >= 4 is 29.1 Å². The number of carbonyl (C=O) groups is 2. The molecular weight excluding hydrogens is 345 g/mol. The number of hydrogen-bond donors (Lipinski definition) is 3. The lowest BCUT2D eigenvalue weighted by Crippen LogP contribution is -2.40. The number of anilines is 1. The Morgan fingerprint density at radius 2 is 1.96 bits per heavy atom. The Balaban J connectivity index is 1.70. The zero-order valence-corrected chi connectivity index (χ0v) is 14.0. The van der Waals surface area contributed by atoms with Gasteiger partial charge in [-0.1, -0.05) is 35.9 Å². The van der Waals surface area contributed by atoms with Crippen molar-refractivity contribution in [2.24, 2.45) is 11.7 Å². The van der Waals surface area contributed by atoms with Crippen molar-refractivity contribution in [1.82, 2.24) is 5.32 Å². The molecule has 0 heterocycles. The molecule has 1 aliphatic rings. The number of rotatable bonds is 3. The van der Waals surface area contributed by atoms with Crippen LogP contribution in [0.15, 0.2) is 42.5 Å². The third kappa shape index (κ3) is 3.65. The first kappa shape index (κ1) is 17.4. The Morgan fingerprint density at radius 1 is 1.20 bits per heavy atom. The first-order valence-electron chi connectivity index (χ1n) is 7.84. The molecule has 2 aromatic carbocycles. The molecule has 4 N–H and O–H groups in total. The number of nitrogens with one attached hydrogen (secondary N) is 2. The van der Waals surface area contributed by atoms with E-state index in [0.717, 1.165) is 23.6 Å². The highest BCUT2D eigenvalue weighted by atomic mass is 35.5. The summed E-state index contributed by atoms with van der Waals surface area (Å²) in [5.74, 6) is -2.31. The summed E-state index contributed by atoms with van der Waals surface area (Å²) < 4.78 is 13.4. The zero-order valence-electron chi connectivity index (χ0n) is 13.3. The molecule has 2 amide bonds. The molecule has 0 bridgehead atoms. The molecule has 7 heteroatoms. The molecule has 2 aromatic rings. The molecule has 25 heavy (non-hydrogen) atoms. The number of fused-ring (bicyclic) bond motifs is 1. The lowest BCUT2D eigenvalue weighted by Gasteiger charge is -2.20. The molecule has 0 fully saturated rings. The minimum atomic E-state index is -0.873. The van der Waals surface area contributed by atoms with Crippen molar-refractivity contribution in [2.75, 3.05) is 11.9 Å². The standard InChI is InChI=1S/C18H17ClFN3O2/c19-14-6-5-12(8-15(14)20)22-17(24)18(25)23-16-11(9-21)7-10-3-1-2-4-13(10)16/h1-6,8,11,16H,7,9,21H2,(H,22,24)(H,23,25)/t11-,16-/m1/s1. The molecule has 0 saturated carbocycles. The molecule has 5 nitrogen and oxygen atoms in total. The van der Waals surface area contributed by atoms with Crippen molar-refractivity contribution in [3.63, 3.8) is 0 Å². The van der Waals surface area contributed by atoms with Crippen LogP contribution < -0.4 is 16.4 Å². The minimum Gasteiger partial charge on any atom is -0.341 e. The second kappa shape index (κ2) is 7.21. The van der Waals surface area contributed by atoms with Gasteiger partial charge in [0.25, 0.3) is 0 Å². The summed E-state index contributed by atoms with van der Waals surface area (Å²) in [7, 11) is 0. The average Bonchev–Trinajstić information content (AvgIpc) is 2.96. The summed E-state index contributed by atoms with van der Waals surface area (Å²) in [5, 5.41) is 5.03. The van der Waals surface area contributed by atoms with Gasteiger partial charge in [0.15, 0.2) is 0 Å². The molecule has 0 radical (unpaired) electrons. The lowest BCUT2D eigenvalue weighted by atomic mass is 10.0. The van der Waals surface area contributed by atoms with E-state index >= 15 is 0 Å². The number of nitrogens with two attached hydrogens (primary N) is 1. The Hall–Kier alpha value is -2.44. The molecule has 0 aromatic heterocycles. The SMILES string of the molecule is NC[C@H]1Cc2ccccc2[C@@H]1NC(=O)C(=O)Nc1ccc(Cl)c(F)c1. The predicted octanol–water partition coefficient (Wildman–Crippen LogP) is 2.41. The highest BCUT2D eigenvalue weighted by Gasteiger charge is 2.33. The Bertz CT molecular complexity index is 828. The van der Waals surface area contributed by atoms with Gasteiger partial charge in [-0.05, 0) is 48.2 Å². The fourth-order valence-electron chi connectivity index (χ4n) is 3.06. The monoisotopic (exact) mass is 361 g/mol. The average molecular weight is 362 g/mol. The van der Waals surface area contributed by atoms with Crippen LogP contribution in [0.1, 0.15) is 17.2 Å². The van der Waals surface area contributed by atoms with Crippen molar-refractivity contribution < 1.29 is 14.0 Å². The fraction of sp³-hybridized carbons (Fsp3) is 0.222. The van der Waals surface area contributed by atoms with Gasteiger partial charge < -0.3 is 16.4 Å². The molecular formula is C18H17ClFN3O2. The highest BCUT2D eigenvalue weighted by Crippen LogP contribution is 2.35. The van der Waals surface area contributed by atoms with Crippen molar-refractivity contribution in [1.29, 1.82) is 0 Å². The van der Waals surface area contributed by atoms with E-state index in [-0.39, 0.29) is 22.7 Å². The van der Waals surface area contributed by atoms with Gasteiger partial charge in [-0.15, -0.1) is 0 Å². The second-order valence-corrected chi connectivity index (χ2v) is 6.34. The van der Waals surface area contributed by atoms with Crippen molar-refractivity contribution in [3.8, 4) is 0 Å². The van der Waals surface area contributed by atoms with E-state index in [1.807, 2.05) is 24.3 Å². The normalized spacial score (nSPS) is 18.5. The molecule has 0 spiro atoms. The van der Waals surface area contributed by atoms with Crippen LogP contribution in [0, 0.1) is 11.7 Å². The Morgan fingerprint density at radius 3 is 2.68 bits per heavy atom. The van der Waals surface area contributed by atoms with E-state index in [9.17, 15) is 14.0 Å². The van der Waals surface area contributed by atoms with Crippen molar-refractivity contribution in [2.45, 2.75) is 12.5 Å². The zero-order chi connectivity index (χ0) is 18.0. The number of carbonyl (C=O) groups excluding carboxylic acids is 2. The van der Waals surface area contributed by atoms with Crippen molar-refractivity contribution in [3.05, 3.63) is 64.4 Å². The molecule has 1 aliphatic carbocycles. The van der Waals surface area contributed by atoms with Gasteiger partial charge >= 0.3 is 11.8 Å². The van der Waals surface area contributed by atoms with Gasteiger partial charge in [0.2, 0.25) is 0 Å². The van der Waals surface area contributed by atoms with E-state index in [2.05, 4.69) is 10.6 Å². The topological polar surface area (TPSA) is 84.2 Å². The van der Waals surface area contributed by atoms with Crippen LogP contribution in [0.5, 0.6) is 0 Å². The molecule has 0 aliphatic heterocycles. The van der Waals surface area contributed by atoms with E-state index in [1.54, 1.807) is 0 Å². The van der Waals surface area contributed by atoms with Crippen LogP contribution >= 0.6 is 11.6 Å². The largest absolute Gasteiger partial charge is 0.341 e. The second-order valence-electron chi connectivity index (χ2n) is 5.93. The van der Waals surface area contributed by atoms with Gasteiger partial charge in [0.1, 0.15) is 5.82 Å². The van der Waals surface area contributed by atoms with Gasteiger partial charge in [-0.2, -0.15) is 0 Å². The molecule has 0 unspecified atom stereocenters. The number of benzene rings is 2. The summed E-state index contributed by atoms with van der Waals surface area (Å²) in [6.45, 7) is 0.393. The van der Waals surface area contributed by atoms with E-state index in [1.165, 1.54) is 12.1 Å². The van der Waals surface area contributed by atoms with Gasteiger partial charge in [-0.3, -0.25) is 9.59 Å². The Labute approximate surface area is 149 Å². The van der Waals surface area contributed by atoms with Crippen LogP contribution in [0.25, 0.3) is 0 Å². The Kier molecular flexibility index (Phi) is 5.01. The molecule has 3 rings (SSSR count). The molecule has 0 saturated heterocycles. The molecule has 130 valence electrons. The number of halogens is 2. The van der Waals surface area contributed by atoms with Crippen LogP contribution in [0.2, 0.25) is 5.02 Å². The van der Waals surface area contributed by atoms with Gasteiger partial charge in [-0.25, -0.2) is 4.39 Å². The summed E-state index contributed by atoms with van der Waals surface area (Å²) in [6, 6.07) is 11.2. The number of hydrogen-bond acceptors (Lipinski definition) is 3. The maximum absolute atomic E-state index is 13.4. The molecule has 2 atom stereocenters. The van der Waals surface area contributed by atoms with Gasteiger partial charge in [0.05, 0.1) is 11.1 Å². The summed E-state index contributed by atoms with van der Waals surface area (Å²) in [5.41, 5.74) is 8.04. The maximum atomic E-state index is 13.4. The summed E-state index contributed by atoms with van der Waals surface area (Å²) in [4.78, 5) is 24.3. The summed E-state index contributed by atoms with van der Waals surface area (Å²) in [6.07, 6.45) is 0.752. The highest BCUT2D eigenvalue weighted by molar-refractivity contribution is 6.39. The van der Waals surface area contributed by atoms with Crippen LogP contribution in [0.3, 0.4) is 0 Å². The fourth-order valence-corrected chi connectivity index (χ4v) is 3.18. The number of amides is 2. The third-order valence-corrected chi connectivity index (χ3v) is 4.62. The third-order valence-electron chi connectivity index (χ3n) is 4.32. The quantitative estimate of drug-likeness (QED) is 0.734. The van der Waals surface area contributed by atoms with Gasteiger partial charge in [0, 0.05) is 5.69 Å². The first-order valence-corrected chi connectivity index (χ1v) is 8.22. The maximum Gasteiger partial charge on any atom is 0.313 e.